The maximum atomic E-state index is 5.24. The summed E-state index contributed by atoms with van der Waals surface area (Å²) in [6, 6.07) is 0. The molecule has 1 N–H and O–H groups in total. The second-order valence-electron chi connectivity index (χ2n) is 2.84. The predicted molar refractivity (Wildman–Crippen MR) is 30.4 cm³/mol. The van der Waals surface area contributed by atoms with Crippen LogP contribution in [0, 0.1) is 5.92 Å². The van der Waals surface area contributed by atoms with Crippen LogP contribution in [-0.2, 0) is 4.74 Å². The van der Waals surface area contributed by atoms with Crippen molar-refractivity contribution < 1.29 is 4.74 Å². The molecule has 0 aliphatic carbocycles. The number of fused-ring (bicyclic) bond motifs is 1. The summed E-state index contributed by atoms with van der Waals surface area (Å²) in [4.78, 5) is 0. The quantitative estimate of drug-likeness (QED) is 0.458. The summed E-state index contributed by atoms with van der Waals surface area (Å²) in [5.41, 5.74) is 0. The molecule has 2 heteroatoms. The van der Waals surface area contributed by atoms with Gasteiger partial charge in [-0.1, -0.05) is 6.92 Å². The Hall–Kier alpha value is -0.0800. The summed E-state index contributed by atoms with van der Waals surface area (Å²) in [6.45, 7) is 3.39. The van der Waals surface area contributed by atoms with Gasteiger partial charge in [0.05, 0.1) is 6.10 Å². The molecule has 0 radical (unpaired) electrons. The van der Waals surface area contributed by atoms with Crippen LogP contribution in [0.15, 0.2) is 0 Å². The van der Waals surface area contributed by atoms with Crippen LogP contribution in [0.1, 0.15) is 13.3 Å². The molecular formula is C6H11NO. The Kier molecular flexibility index (Phi) is 0.866. The number of hydrogen-bond donors (Lipinski definition) is 1. The Morgan fingerprint density at radius 1 is 1.62 bits per heavy atom. The van der Waals surface area contributed by atoms with E-state index in [-0.39, 0.29) is 0 Å². The number of epoxide rings is 1. The molecular weight excluding hydrogens is 102 g/mol. The van der Waals surface area contributed by atoms with Crippen molar-refractivity contribution in [1.29, 1.82) is 0 Å². The van der Waals surface area contributed by atoms with Crippen LogP contribution in [0.25, 0.3) is 0 Å². The van der Waals surface area contributed by atoms with Crippen LogP contribution >= 0.6 is 0 Å². The average Bonchev–Trinajstić information content (AvgIpc) is 2.43. The van der Waals surface area contributed by atoms with Crippen molar-refractivity contribution in [1.82, 2.24) is 5.32 Å². The van der Waals surface area contributed by atoms with Crippen molar-refractivity contribution in [2.75, 3.05) is 6.54 Å². The van der Waals surface area contributed by atoms with Gasteiger partial charge in [-0.25, -0.2) is 0 Å². The van der Waals surface area contributed by atoms with Gasteiger partial charge in [0.2, 0.25) is 0 Å². The molecule has 0 aromatic carbocycles. The normalized spacial score (nSPS) is 52.9. The van der Waals surface area contributed by atoms with E-state index in [1.165, 1.54) is 6.42 Å². The Bertz CT molecular complexity index is 105. The maximum absolute atomic E-state index is 5.24. The fourth-order valence-corrected chi connectivity index (χ4v) is 1.30. The lowest BCUT2D eigenvalue weighted by Gasteiger charge is -2.13. The summed E-state index contributed by atoms with van der Waals surface area (Å²) in [7, 11) is 0. The van der Waals surface area contributed by atoms with E-state index in [1.54, 1.807) is 0 Å². The summed E-state index contributed by atoms with van der Waals surface area (Å²) < 4.78 is 5.24. The standard InChI is InChI=1S/C6H11NO/c1-4-2-5-6(8-5)7-3-4/h4-7H,2-3H2,1H3. The molecule has 46 valence electrons. The zero-order chi connectivity index (χ0) is 5.56. The lowest BCUT2D eigenvalue weighted by Crippen LogP contribution is -2.31. The van der Waals surface area contributed by atoms with Crippen LogP contribution in [-0.4, -0.2) is 18.9 Å². The maximum Gasteiger partial charge on any atom is 0.135 e. The zero-order valence-corrected chi connectivity index (χ0v) is 5.05. The fourth-order valence-electron chi connectivity index (χ4n) is 1.30. The van der Waals surface area contributed by atoms with Gasteiger partial charge in [0.25, 0.3) is 0 Å². The molecule has 2 fully saturated rings. The highest BCUT2D eigenvalue weighted by atomic mass is 16.6. The summed E-state index contributed by atoms with van der Waals surface area (Å²) in [5.74, 6) is 0.818. The average molecular weight is 113 g/mol. The highest BCUT2D eigenvalue weighted by Gasteiger charge is 2.42. The van der Waals surface area contributed by atoms with E-state index >= 15 is 0 Å². The van der Waals surface area contributed by atoms with Crippen molar-refractivity contribution in [3.05, 3.63) is 0 Å². The van der Waals surface area contributed by atoms with Crippen molar-refractivity contribution >= 4 is 0 Å². The number of rotatable bonds is 0. The third kappa shape index (κ3) is 0.644. The topological polar surface area (TPSA) is 24.6 Å². The predicted octanol–water partition coefficient (Wildman–Crippen LogP) is 0.341. The van der Waals surface area contributed by atoms with Crippen molar-refractivity contribution in [2.45, 2.75) is 25.7 Å². The Balaban J connectivity index is 1.93. The lowest BCUT2D eigenvalue weighted by molar-refractivity contribution is 0.360. The van der Waals surface area contributed by atoms with Crippen LogP contribution < -0.4 is 5.32 Å². The summed E-state index contributed by atoms with van der Waals surface area (Å²) >= 11 is 0. The van der Waals surface area contributed by atoms with Crippen LogP contribution in [0.4, 0.5) is 0 Å². The van der Waals surface area contributed by atoms with Gasteiger partial charge in [-0.15, -0.1) is 0 Å². The third-order valence-electron chi connectivity index (χ3n) is 1.88. The van der Waals surface area contributed by atoms with Gasteiger partial charge >= 0.3 is 0 Å². The van der Waals surface area contributed by atoms with Gasteiger partial charge in [0, 0.05) is 6.54 Å². The number of hydrogen-bond acceptors (Lipinski definition) is 2. The van der Waals surface area contributed by atoms with E-state index in [0.29, 0.717) is 12.3 Å². The smallest absolute Gasteiger partial charge is 0.135 e. The van der Waals surface area contributed by atoms with Crippen molar-refractivity contribution in [3.63, 3.8) is 0 Å². The SMILES string of the molecule is CC1CNC2OC2C1. The van der Waals surface area contributed by atoms with Crippen molar-refractivity contribution in [2.24, 2.45) is 5.92 Å². The van der Waals surface area contributed by atoms with Gasteiger partial charge in [-0.3, -0.25) is 5.32 Å². The van der Waals surface area contributed by atoms with Gasteiger partial charge in [0.15, 0.2) is 0 Å². The summed E-state index contributed by atoms with van der Waals surface area (Å²) in [5, 5.41) is 3.28. The molecule has 2 heterocycles. The molecule has 2 rings (SSSR count). The van der Waals surface area contributed by atoms with Crippen LogP contribution in [0.5, 0.6) is 0 Å². The molecule has 0 aromatic rings. The lowest BCUT2D eigenvalue weighted by atomic mass is 10.0. The highest BCUT2D eigenvalue weighted by Crippen LogP contribution is 2.29. The highest BCUT2D eigenvalue weighted by molar-refractivity contribution is 4.89. The largest absolute Gasteiger partial charge is 0.353 e. The van der Waals surface area contributed by atoms with Gasteiger partial charge in [0.1, 0.15) is 6.23 Å². The third-order valence-corrected chi connectivity index (χ3v) is 1.88. The van der Waals surface area contributed by atoms with Crippen LogP contribution in [0.3, 0.4) is 0 Å². The van der Waals surface area contributed by atoms with E-state index < -0.39 is 0 Å². The molecule has 0 spiro atoms. The second-order valence-corrected chi connectivity index (χ2v) is 2.84. The number of ether oxygens (including phenoxy) is 1. The zero-order valence-electron chi connectivity index (χ0n) is 5.05. The minimum atomic E-state index is 0.436. The van der Waals surface area contributed by atoms with Crippen molar-refractivity contribution in [3.8, 4) is 0 Å². The van der Waals surface area contributed by atoms with E-state index in [9.17, 15) is 0 Å². The molecule has 8 heavy (non-hydrogen) atoms. The van der Waals surface area contributed by atoms with E-state index in [4.69, 9.17) is 4.74 Å². The van der Waals surface area contributed by atoms with Gasteiger partial charge in [-0.2, -0.15) is 0 Å². The van der Waals surface area contributed by atoms with E-state index in [0.717, 1.165) is 12.5 Å². The minimum absolute atomic E-state index is 0.436. The molecule has 2 aliphatic rings. The van der Waals surface area contributed by atoms with Crippen LogP contribution in [0.2, 0.25) is 0 Å². The number of piperidine rings is 1. The molecule has 3 unspecified atom stereocenters. The van der Waals surface area contributed by atoms with Gasteiger partial charge in [-0.05, 0) is 12.3 Å². The molecule has 2 aliphatic heterocycles. The first-order chi connectivity index (χ1) is 3.86. The molecule has 2 nitrogen and oxygen atoms in total. The molecule has 0 saturated carbocycles. The Labute approximate surface area is 49.2 Å². The minimum Gasteiger partial charge on any atom is -0.353 e. The Morgan fingerprint density at radius 3 is 3.12 bits per heavy atom. The fraction of sp³-hybridized carbons (Fsp3) is 1.00. The first-order valence-electron chi connectivity index (χ1n) is 3.25. The first-order valence-corrected chi connectivity index (χ1v) is 3.25. The van der Waals surface area contributed by atoms with Gasteiger partial charge < -0.3 is 4.74 Å². The monoisotopic (exact) mass is 113 g/mol. The summed E-state index contributed by atoms with van der Waals surface area (Å²) in [6.07, 6.45) is 2.27. The van der Waals surface area contributed by atoms with E-state index in [2.05, 4.69) is 12.2 Å². The van der Waals surface area contributed by atoms with E-state index in [1.807, 2.05) is 0 Å². The Morgan fingerprint density at radius 2 is 2.50 bits per heavy atom. The molecule has 2 saturated heterocycles. The molecule has 0 bridgehead atoms. The molecule has 3 atom stereocenters. The first kappa shape index (κ1) is 4.77. The molecule has 0 aromatic heterocycles. The second kappa shape index (κ2) is 1.45. The molecule has 0 amide bonds. The number of nitrogens with one attached hydrogen (secondary N) is 1.